The molecule has 1 unspecified atom stereocenters. The lowest BCUT2D eigenvalue weighted by molar-refractivity contribution is 0.660. The molecule has 1 spiro atoms. The average molecular weight is 917 g/mol. The van der Waals surface area contributed by atoms with Gasteiger partial charge in [-0.2, -0.15) is 0 Å². The standard InChI is InChI=1S/C70H48N2/c1-69(2)59-30-16-12-26-53(59)55-36-34-50(43-63(55)69)71(52-41-47(45-20-6-3-7-21-45)40-48(42-52)46-22-8-4-9-23-46)51-35-37-56-54-27-13-17-31-60(54)70(64(56)44-51)61-32-18-14-28-57(61)67-62(70)38-39-66-68(67)58-29-15-19-33-65(58)72(66)49-24-10-5-11-25-49/h3-44H,1-2H3. The molecule has 0 bridgehead atoms. The number of anilines is 3. The summed E-state index contributed by atoms with van der Waals surface area (Å²) in [5.41, 5.74) is 26.7. The molecule has 0 saturated heterocycles. The normalized spacial score (nSPS) is 15.2. The lowest BCUT2D eigenvalue weighted by atomic mass is 9.70. The van der Waals surface area contributed by atoms with Crippen molar-refractivity contribution in [1.29, 1.82) is 0 Å². The maximum Gasteiger partial charge on any atom is 0.0726 e. The van der Waals surface area contributed by atoms with Crippen LogP contribution >= 0.6 is 0 Å². The van der Waals surface area contributed by atoms with Gasteiger partial charge in [0.05, 0.1) is 16.4 Å². The van der Waals surface area contributed by atoms with Gasteiger partial charge in [-0.25, -0.2) is 0 Å². The number of benzene rings is 11. The lowest BCUT2D eigenvalue weighted by Gasteiger charge is -2.33. The summed E-state index contributed by atoms with van der Waals surface area (Å²) in [6.45, 7) is 4.77. The first-order valence-electron chi connectivity index (χ1n) is 25.3. The van der Waals surface area contributed by atoms with Crippen LogP contribution in [0.2, 0.25) is 0 Å². The van der Waals surface area contributed by atoms with Crippen LogP contribution < -0.4 is 4.90 Å². The molecule has 0 saturated carbocycles. The van der Waals surface area contributed by atoms with Crippen LogP contribution in [0, 0.1) is 0 Å². The molecule has 11 aromatic carbocycles. The highest BCUT2D eigenvalue weighted by atomic mass is 15.1. The first-order valence-corrected chi connectivity index (χ1v) is 25.3. The van der Waals surface area contributed by atoms with Crippen molar-refractivity contribution in [3.05, 3.63) is 288 Å². The Kier molecular flexibility index (Phi) is 8.66. The van der Waals surface area contributed by atoms with Crippen LogP contribution in [0.25, 0.3) is 83.1 Å². The predicted octanol–water partition coefficient (Wildman–Crippen LogP) is 18.2. The summed E-state index contributed by atoms with van der Waals surface area (Å²) >= 11 is 0. The lowest BCUT2D eigenvalue weighted by Crippen LogP contribution is -2.26. The van der Waals surface area contributed by atoms with E-state index in [4.69, 9.17) is 0 Å². The Morgan fingerprint density at radius 1 is 0.319 bits per heavy atom. The van der Waals surface area contributed by atoms with Gasteiger partial charge in [-0.3, -0.25) is 0 Å². The molecule has 12 aromatic rings. The van der Waals surface area contributed by atoms with Crippen LogP contribution in [-0.2, 0) is 10.8 Å². The average Bonchev–Trinajstić information content (AvgIpc) is 4.12. The summed E-state index contributed by atoms with van der Waals surface area (Å²) in [4.78, 5) is 2.54. The van der Waals surface area contributed by atoms with E-state index >= 15 is 0 Å². The van der Waals surface area contributed by atoms with Gasteiger partial charge in [0.1, 0.15) is 0 Å². The summed E-state index contributed by atoms with van der Waals surface area (Å²) in [6, 6.07) is 95.4. The molecule has 15 rings (SSSR count). The SMILES string of the molecule is CC1(C)c2ccccc2-c2ccc(N(c3cc(-c4ccccc4)cc(-c4ccccc4)c3)c3ccc4c(c3)C3(c5ccccc5-4)c4ccccc4-c4c3ccc3c4c4ccccc4n3-c3ccccc3)cc21. The summed E-state index contributed by atoms with van der Waals surface area (Å²) < 4.78 is 2.45. The van der Waals surface area contributed by atoms with Crippen LogP contribution in [0.1, 0.15) is 47.2 Å². The molecule has 338 valence electrons. The molecule has 3 aliphatic carbocycles. The Morgan fingerprint density at radius 2 is 0.819 bits per heavy atom. The molecule has 72 heavy (non-hydrogen) atoms. The topological polar surface area (TPSA) is 8.17 Å². The van der Waals surface area contributed by atoms with E-state index in [1.54, 1.807) is 0 Å². The first-order chi connectivity index (χ1) is 35.5. The zero-order chi connectivity index (χ0) is 47.7. The molecule has 2 heteroatoms. The van der Waals surface area contributed by atoms with Crippen LogP contribution in [0.15, 0.2) is 255 Å². The predicted molar refractivity (Wildman–Crippen MR) is 300 cm³/mol. The fourth-order valence-electron chi connectivity index (χ4n) is 13.3. The Morgan fingerprint density at radius 3 is 1.49 bits per heavy atom. The van der Waals surface area contributed by atoms with Crippen LogP contribution in [0.4, 0.5) is 17.1 Å². The van der Waals surface area contributed by atoms with Crippen molar-refractivity contribution in [3.63, 3.8) is 0 Å². The zero-order valence-electron chi connectivity index (χ0n) is 40.1. The van der Waals surface area contributed by atoms with Gasteiger partial charge in [-0.15, -0.1) is 0 Å². The van der Waals surface area contributed by atoms with E-state index in [1.807, 2.05) is 0 Å². The number of nitrogens with zero attached hydrogens (tertiary/aromatic N) is 2. The quantitative estimate of drug-likeness (QED) is 0.161. The Hall–Kier alpha value is -8.98. The summed E-state index contributed by atoms with van der Waals surface area (Å²) in [5.74, 6) is 0. The molecule has 1 atom stereocenters. The number of fused-ring (bicyclic) bond motifs is 17. The third-order valence-electron chi connectivity index (χ3n) is 16.4. The number of rotatable bonds is 6. The number of para-hydroxylation sites is 2. The second kappa shape index (κ2) is 15.3. The van der Waals surface area contributed by atoms with Crippen molar-refractivity contribution in [2.24, 2.45) is 0 Å². The van der Waals surface area contributed by atoms with Crippen LogP contribution in [0.5, 0.6) is 0 Å². The van der Waals surface area contributed by atoms with Crippen molar-refractivity contribution in [1.82, 2.24) is 4.57 Å². The summed E-state index contributed by atoms with van der Waals surface area (Å²) in [5, 5.41) is 2.56. The minimum absolute atomic E-state index is 0.176. The van der Waals surface area contributed by atoms with Crippen molar-refractivity contribution < 1.29 is 0 Å². The highest BCUT2D eigenvalue weighted by Crippen LogP contribution is 2.65. The van der Waals surface area contributed by atoms with Crippen LogP contribution in [-0.4, -0.2) is 4.57 Å². The first kappa shape index (κ1) is 40.9. The third-order valence-corrected chi connectivity index (χ3v) is 16.4. The van der Waals surface area contributed by atoms with Crippen molar-refractivity contribution in [2.75, 3.05) is 4.90 Å². The molecule has 0 fully saturated rings. The van der Waals surface area contributed by atoms with Gasteiger partial charge in [0.15, 0.2) is 0 Å². The highest BCUT2D eigenvalue weighted by Gasteiger charge is 2.52. The number of hydrogen-bond donors (Lipinski definition) is 0. The highest BCUT2D eigenvalue weighted by molar-refractivity contribution is 6.19. The monoisotopic (exact) mass is 916 g/mol. The molecule has 0 radical (unpaired) electrons. The maximum absolute atomic E-state index is 2.54. The molecule has 0 N–H and O–H groups in total. The summed E-state index contributed by atoms with van der Waals surface area (Å²) in [7, 11) is 0. The summed E-state index contributed by atoms with van der Waals surface area (Å²) in [6.07, 6.45) is 0. The number of hydrogen-bond acceptors (Lipinski definition) is 1. The molecule has 0 amide bonds. The number of aromatic nitrogens is 1. The zero-order valence-corrected chi connectivity index (χ0v) is 40.1. The Labute approximate surface area is 420 Å². The fraction of sp³-hybridized carbons (Fsp3) is 0.0571. The van der Waals surface area contributed by atoms with Crippen molar-refractivity contribution in [2.45, 2.75) is 24.7 Å². The maximum atomic E-state index is 2.54. The second-order valence-electron chi connectivity index (χ2n) is 20.4. The molecule has 1 heterocycles. The molecular formula is C70H48N2. The van der Waals surface area contributed by atoms with Gasteiger partial charge in [0.25, 0.3) is 0 Å². The van der Waals surface area contributed by atoms with E-state index in [2.05, 4.69) is 278 Å². The minimum atomic E-state index is -0.577. The smallest absolute Gasteiger partial charge is 0.0726 e. The molecule has 2 nitrogen and oxygen atoms in total. The molecule has 0 aliphatic heterocycles. The van der Waals surface area contributed by atoms with Gasteiger partial charge >= 0.3 is 0 Å². The van der Waals surface area contributed by atoms with E-state index in [9.17, 15) is 0 Å². The largest absolute Gasteiger partial charge is 0.310 e. The van der Waals surface area contributed by atoms with Gasteiger partial charge in [-0.05, 0) is 156 Å². The van der Waals surface area contributed by atoms with E-state index in [1.165, 1.54) is 111 Å². The van der Waals surface area contributed by atoms with E-state index < -0.39 is 5.41 Å². The fourth-order valence-corrected chi connectivity index (χ4v) is 13.3. The Bertz CT molecular complexity index is 4120. The van der Waals surface area contributed by atoms with E-state index in [-0.39, 0.29) is 5.41 Å². The minimum Gasteiger partial charge on any atom is -0.310 e. The van der Waals surface area contributed by atoms with E-state index in [0.717, 1.165) is 22.7 Å². The molecular weight excluding hydrogens is 869 g/mol. The van der Waals surface area contributed by atoms with Gasteiger partial charge in [0.2, 0.25) is 0 Å². The van der Waals surface area contributed by atoms with Crippen molar-refractivity contribution in [3.8, 4) is 61.3 Å². The van der Waals surface area contributed by atoms with Gasteiger partial charge in [0, 0.05) is 38.9 Å². The molecule has 3 aliphatic rings. The van der Waals surface area contributed by atoms with E-state index in [0.29, 0.717) is 0 Å². The van der Waals surface area contributed by atoms with Crippen molar-refractivity contribution >= 4 is 38.9 Å². The van der Waals surface area contributed by atoms with Gasteiger partial charge in [-0.1, -0.05) is 202 Å². The Balaban J connectivity index is 1.02. The molecule has 1 aromatic heterocycles. The van der Waals surface area contributed by atoms with Gasteiger partial charge < -0.3 is 9.47 Å². The third kappa shape index (κ3) is 5.61. The second-order valence-corrected chi connectivity index (χ2v) is 20.4. The van der Waals surface area contributed by atoms with Crippen LogP contribution in [0.3, 0.4) is 0 Å².